The zero-order valence-corrected chi connectivity index (χ0v) is 15.8. The number of likely N-dealkylation sites (tertiary alicyclic amines) is 2. The van der Waals surface area contributed by atoms with Gasteiger partial charge in [0.2, 0.25) is 5.91 Å². The maximum absolute atomic E-state index is 11.8. The minimum Gasteiger partial charge on any atom is -0.375 e. The molecule has 2 heterocycles. The molecule has 0 atom stereocenters. The number of piperidine rings is 2. The highest BCUT2D eigenvalue weighted by Gasteiger charge is 2.27. The molecule has 6 heteroatoms. The average Bonchev–Trinajstić information content (AvgIpc) is 2.63. The van der Waals surface area contributed by atoms with Crippen molar-refractivity contribution in [3.63, 3.8) is 0 Å². The summed E-state index contributed by atoms with van der Waals surface area (Å²) in [5, 5.41) is 0. The van der Waals surface area contributed by atoms with Crippen LogP contribution >= 0.6 is 0 Å². The minimum absolute atomic E-state index is 0.0918. The quantitative estimate of drug-likeness (QED) is 0.758. The molecule has 0 aliphatic carbocycles. The smallest absolute Gasteiger partial charge is 0.248 e. The summed E-state index contributed by atoms with van der Waals surface area (Å²) in [5.41, 5.74) is 5.56. The van der Waals surface area contributed by atoms with Gasteiger partial charge in [-0.2, -0.15) is 0 Å². The number of nitrogens with two attached hydrogens (primary N) is 1. The van der Waals surface area contributed by atoms with Gasteiger partial charge in [-0.1, -0.05) is 13.8 Å². The number of carbonyl (C=O) groups excluding carboxylic acids is 1. The Morgan fingerprint density at radius 3 is 2.08 bits per heavy atom. The van der Waals surface area contributed by atoms with Gasteiger partial charge in [-0.05, 0) is 45.2 Å². The third-order valence-electron chi connectivity index (χ3n) is 4.66. The zero-order chi connectivity index (χ0) is 17.8. The number of ether oxygens (including phenoxy) is 2. The molecule has 2 fully saturated rings. The molecule has 0 bridgehead atoms. The van der Waals surface area contributed by atoms with Gasteiger partial charge in [0.1, 0.15) is 6.61 Å². The van der Waals surface area contributed by atoms with Crippen LogP contribution < -0.4 is 5.73 Å². The third kappa shape index (κ3) is 7.47. The molecule has 2 aliphatic rings. The van der Waals surface area contributed by atoms with E-state index < -0.39 is 0 Å². The lowest BCUT2D eigenvalue weighted by molar-refractivity contribution is -0.139. The molecule has 0 spiro atoms. The van der Waals surface area contributed by atoms with Gasteiger partial charge in [-0.25, -0.2) is 0 Å². The molecular formula is C18H37N3O3. The van der Waals surface area contributed by atoms with Gasteiger partial charge in [0, 0.05) is 33.3 Å². The van der Waals surface area contributed by atoms with Crippen LogP contribution in [-0.4, -0.2) is 80.9 Å². The van der Waals surface area contributed by atoms with E-state index in [1.165, 1.54) is 0 Å². The van der Waals surface area contributed by atoms with Crippen molar-refractivity contribution in [1.29, 1.82) is 0 Å². The summed E-state index contributed by atoms with van der Waals surface area (Å²) in [6, 6.07) is 0. The van der Waals surface area contributed by atoms with Crippen LogP contribution in [0.15, 0.2) is 0 Å². The summed E-state index contributed by atoms with van der Waals surface area (Å²) in [7, 11) is 1.56. The van der Waals surface area contributed by atoms with Crippen molar-refractivity contribution in [2.75, 3.05) is 53.0 Å². The first-order valence-electron chi connectivity index (χ1n) is 9.57. The lowest BCUT2D eigenvalue weighted by atomic mass is 10.0. The van der Waals surface area contributed by atoms with E-state index in [4.69, 9.17) is 15.2 Å². The predicted octanol–water partition coefficient (Wildman–Crippen LogP) is 1.48. The average molecular weight is 344 g/mol. The monoisotopic (exact) mass is 343 g/mol. The van der Waals surface area contributed by atoms with Crippen LogP contribution in [0, 0.1) is 0 Å². The Morgan fingerprint density at radius 2 is 1.58 bits per heavy atom. The Hall–Kier alpha value is -0.690. The Kier molecular flexibility index (Phi) is 11.2. The molecule has 6 nitrogen and oxygen atoms in total. The summed E-state index contributed by atoms with van der Waals surface area (Å²) in [6.07, 6.45) is 5.92. The Labute approximate surface area is 147 Å². The first-order chi connectivity index (χ1) is 11.7. The summed E-state index contributed by atoms with van der Waals surface area (Å²) < 4.78 is 11.2. The van der Waals surface area contributed by atoms with E-state index in [9.17, 15) is 4.79 Å². The van der Waals surface area contributed by atoms with E-state index in [1.54, 1.807) is 7.11 Å². The highest BCUT2D eigenvalue weighted by molar-refractivity contribution is 5.77. The van der Waals surface area contributed by atoms with Crippen molar-refractivity contribution in [2.45, 2.75) is 58.2 Å². The number of rotatable bonds is 7. The van der Waals surface area contributed by atoms with E-state index >= 15 is 0 Å². The number of hydrogen-bond acceptors (Lipinski definition) is 5. The third-order valence-corrected chi connectivity index (χ3v) is 4.66. The van der Waals surface area contributed by atoms with Crippen molar-refractivity contribution >= 4 is 5.91 Å². The van der Waals surface area contributed by atoms with Crippen molar-refractivity contribution < 1.29 is 14.3 Å². The van der Waals surface area contributed by atoms with Gasteiger partial charge in [0.05, 0.1) is 12.2 Å². The highest BCUT2D eigenvalue weighted by Crippen LogP contribution is 2.21. The van der Waals surface area contributed by atoms with Gasteiger partial charge < -0.3 is 25.0 Å². The van der Waals surface area contributed by atoms with Crippen LogP contribution in [0.3, 0.4) is 0 Å². The van der Waals surface area contributed by atoms with Crippen molar-refractivity contribution in [3.05, 3.63) is 0 Å². The number of carbonyl (C=O) groups is 1. The molecule has 24 heavy (non-hydrogen) atoms. The zero-order valence-electron chi connectivity index (χ0n) is 15.8. The maximum Gasteiger partial charge on any atom is 0.248 e. The van der Waals surface area contributed by atoms with Crippen LogP contribution in [0.2, 0.25) is 0 Å². The molecule has 2 N–H and O–H groups in total. The highest BCUT2D eigenvalue weighted by atomic mass is 16.5. The molecule has 0 saturated carbocycles. The van der Waals surface area contributed by atoms with Gasteiger partial charge in [0.15, 0.2) is 0 Å². The molecule has 2 saturated heterocycles. The fourth-order valence-corrected chi connectivity index (χ4v) is 3.31. The van der Waals surface area contributed by atoms with Crippen LogP contribution in [-0.2, 0) is 14.3 Å². The van der Waals surface area contributed by atoms with Gasteiger partial charge in [0.25, 0.3) is 0 Å². The van der Waals surface area contributed by atoms with E-state index in [0.717, 1.165) is 71.4 Å². The van der Waals surface area contributed by atoms with Crippen LogP contribution in [0.5, 0.6) is 0 Å². The van der Waals surface area contributed by atoms with Crippen molar-refractivity contribution in [2.24, 2.45) is 5.73 Å². The molecule has 1 amide bonds. The predicted molar refractivity (Wildman–Crippen MR) is 97.0 cm³/mol. The summed E-state index contributed by atoms with van der Waals surface area (Å²) >= 11 is 0. The molecule has 0 aromatic heterocycles. The lowest BCUT2D eigenvalue weighted by Crippen LogP contribution is -2.44. The normalized spacial score (nSPS) is 20.6. The summed E-state index contributed by atoms with van der Waals surface area (Å²) in [6.45, 7) is 9.91. The Balaban J connectivity index is 0.00000139. The lowest BCUT2D eigenvalue weighted by Gasteiger charge is -2.37. The Morgan fingerprint density at radius 1 is 1.04 bits per heavy atom. The molecule has 0 aromatic carbocycles. The van der Waals surface area contributed by atoms with Gasteiger partial charge >= 0.3 is 0 Å². The first kappa shape index (κ1) is 21.4. The topological polar surface area (TPSA) is 68.0 Å². The number of hydrogen-bond donors (Lipinski definition) is 1. The van der Waals surface area contributed by atoms with Crippen molar-refractivity contribution in [3.8, 4) is 0 Å². The molecule has 2 aliphatic heterocycles. The number of amides is 1. The van der Waals surface area contributed by atoms with E-state index in [-0.39, 0.29) is 12.5 Å². The standard InChI is InChI=1S/C16H31N3O3.C2H6/c1-21-13-16(20)19-11-5-15(6-12-19)22-14-3-9-18(10-4-14)8-2-7-17;1-2/h14-15H,2-13,17H2,1H3;1-2H3. The molecule has 142 valence electrons. The fourth-order valence-electron chi connectivity index (χ4n) is 3.31. The van der Waals surface area contributed by atoms with Crippen LogP contribution in [0.1, 0.15) is 46.0 Å². The van der Waals surface area contributed by atoms with E-state index in [1.807, 2.05) is 18.7 Å². The van der Waals surface area contributed by atoms with E-state index in [0.29, 0.717) is 12.2 Å². The molecule has 2 rings (SSSR count). The molecule has 0 aromatic rings. The summed E-state index contributed by atoms with van der Waals surface area (Å²) in [4.78, 5) is 16.1. The second-order valence-electron chi connectivity index (χ2n) is 6.33. The first-order valence-corrected chi connectivity index (χ1v) is 9.57. The van der Waals surface area contributed by atoms with E-state index in [2.05, 4.69) is 4.90 Å². The minimum atomic E-state index is 0.0918. The van der Waals surface area contributed by atoms with Crippen molar-refractivity contribution in [1.82, 2.24) is 9.80 Å². The second-order valence-corrected chi connectivity index (χ2v) is 6.33. The second kappa shape index (κ2) is 12.6. The van der Waals surface area contributed by atoms with Crippen LogP contribution in [0.4, 0.5) is 0 Å². The molecule has 0 unspecified atom stereocenters. The fraction of sp³-hybridized carbons (Fsp3) is 0.944. The number of nitrogens with zero attached hydrogens (tertiary/aromatic N) is 2. The SMILES string of the molecule is CC.COCC(=O)N1CCC(OC2CCN(CCCN)CC2)CC1. The molecule has 0 radical (unpaired) electrons. The maximum atomic E-state index is 11.8. The van der Waals surface area contributed by atoms with Gasteiger partial charge in [-0.15, -0.1) is 0 Å². The number of methoxy groups -OCH3 is 1. The summed E-state index contributed by atoms with van der Waals surface area (Å²) in [5.74, 6) is 0.0918. The largest absolute Gasteiger partial charge is 0.375 e. The van der Waals surface area contributed by atoms with Crippen LogP contribution in [0.25, 0.3) is 0 Å². The Bertz CT molecular complexity index is 325. The molecular weight excluding hydrogens is 306 g/mol. The van der Waals surface area contributed by atoms with Gasteiger partial charge in [-0.3, -0.25) is 4.79 Å².